The molecule has 2 aromatic carbocycles. The first-order chi connectivity index (χ1) is 9.59. The number of carbonyl (C=O) groups excluding carboxylic acids is 1. The van der Waals surface area contributed by atoms with Crippen LogP contribution in [0.25, 0.3) is 0 Å². The van der Waals surface area contributed by atoms with Crippen molar-refractivity contribution < 1.29 is 9.18 Å². The largest absolute Gasteiger partial charge is 0.274 e. The smallest absolute Gasteiger partial charge is 0.267 e. The van der Waals surface area contributed by atoms with E-state index in [1.807, 2.05) is 6.07 Å². The molecular weight excluding hydrogens is 279 g/mol. The summed E-state index contributed by atoms with van der Waals surface area (Å²) in [5, 5.41) is 4.47. The Morgan fingerprint density at radius 2 is 1.70 bits per heavy atom. The van der Waals surface area contributed by atoms with Crippen molar-refractivity contribution >= 4 is 23.2 Å². The van der Waals surface area contributed by atoms with Gasteiger partial charge in [-0.2, -0.15) is 5.10 Å². The standard InChI is InChI=1S/C15H12ClFN2O/c1-10(11-6-2-4-8-13(11)16)18-19-15(20)12-7-3-5-9-14(12)17/h2-9H,1H3,(H,19,20)/b18-10+. The van der Waals surface area contributed by atoms with Gasteiger partial charge in [-0.25, -0.2) is 9.82 Å². The van der Waals surface area contributed by atoms with Crippen LogP contribution in [0, 0.1) is 5.82 Å². The van der Waals surface area contributed by atoms with Gasteiger partial charge in [0.1, 0.15) is 5.82 Å². The highest BCUT2D eigenvalue weighted by atomic mass is 35.5. The summed E-state index contributed by atoms with van der Waals surface area (Å²) in [5.41, 5.74) is 3.52. The monoisotopic (exact) mass is 290 g/mol. The summed E-state index contributed by atoms with van der Waals surface area (Å²) in [6.07, 6.45) is 0. The summed E-state index contributed by atoms with van der Waals surface area (Å²) in [6.45, 7) is 1.71. The molecule has 3 nitrogen and oxygen atoms in total. The fourth-order valence-corrected chi connectivity index (χ4v) is 1.93. The number of nitrogens with zero attached hydrogens (tertiary/aromatic N) is 1. The van der Waals surface area contributed by atoms with E-state index in [4.69, 9.17) is 11.6 Å². The van der Waals surface area contributed by atoms with Gasteiger partial charge in [0.05, 0.1) is 11.3 Å². The number of hydrazone groups is 1. The van der Waals surface area contributed by atoms with E-state index >= 15 is 0 Å². The fourth-order valence-electron chi connectivity index (χ4n) is 1.66. The highest BCUT2D eigenvalue weighted by Gasteiger charge is 2.10. The maximum atomic E-state index is 13.4. The lowest BCUT2D eigenvalue weighted by atomic mass is 10.1. The molecule has 0 fully saturated rings. The van der Waals surface area contributed by atoms with E-state index in [1.54, 1.807) is 31.2 Å². The first-order valence-corrected chi connectivity index (χ1v) is 6.31. The number of nitrogens with one attached hydrogen (secondary N) is 1. The zero-order valence-corrected chi connectivity index (χ0v) is 11.5. The molecule has 0 saturated heterocycles. The molecule has 0 unspecified atom stereocenters. The molecule has 0 aliphatic rings. The maximum absolute atomic E-state index is 13.4. The molecule has 0 aliphatic carbocycles. The number of carbonyl (C=O) groups is 1. The molecule has 0 radical (unpaired) electrons. The highest BCUT2D eigenvalue weighted by molar-refractivity contribution is 6.34. The molecule has 0 spiro atoms. The number of amides is 1. The second-order valence-electron chi connectivity index (χ2n) is 4.10. The topological polar surface area (TPSA) is 41.5 Å². The van der Waals surface area contributed by atoms with Crippen LogP contribution in [0.5, 0.6) is 0 Å². The number of rotatable bonds is 3. The van der Waals surface area contributed by atoms with Crippen LogP contribution < -0.4 is 5.43 Å². The SMILES string of the molecule is C/C(=N\NC(=O)c1ccccc1F)c1ccccc1Cl. The minimum Gasteiger partial charge on any atom is -0.267 e. The van der Waals surface area contributed by atoms with Crippen molar-refractivity contribution in [1.29, 1.82) is 0 Å². The van der Waals surface area contributed by atoms with Gasteiger partial charge in [-0.05, 0) is 25.1 Å². The lowest BCUT2D eigenvalue weighted by Crippen LogP contribution is -2.20. The molecule has 5 heteroatoms. The van der Waals surface area contributed by atoms with Crippen LogP contribution in [0.4, 0.5) is 4.39 Å². The summed E-state index contributed by atoms with van der Waals surface area (Å²) in [5.74, 6) is -1.19. The van der Waals surface area contributed by atoms with E-state index in [9.17, 15) is 9.18 Å². The van der Waals surface area contributed by atoms with Crippen LogP contribution >= 0.6 is 11.6 Å². The Morgan fingerprint density at radius 3 is 2.35 bits per heavy atom. The fraction of sp³-hybridized carbons (Fsp3) is 0.0667. The van der Waals surface area contributed by atoms with Crippen LogP contribution in [-0.2, 0) is 0 Å². The van der Waals surface area contributed by atoms with E-state index in [0.717, 1.165) is 0 Å². The Balaban J connectivity index is 2.16. The van der Waals surface area contributed by atoms with Gasteiger partial charge in [-0.3, -0.25) is 4.79 Å². The van der Waals surface area contributed by atoms with E-state index in [-0.39, 0.29) is 5.56 Å². The molecule has 0 bridgehead atoms. The summed E-state index contributed by atoms with van der Waals surface area (Å²) < 4.78 is 13.4. The van der Waals surface area contributed by atoms with Gasteiger partial charge in [0, 0.05) is 10.6 Å². The highest BCUT2D eigenvalue weighted by Crippen LogP contribution is 2.15. The maximum Gasteiger partial charge on any atom is 0.274 e. The summed E-state index contributed by atoms with van der Waals surface area (Å²) >= 11 is 6.02. The Bertz CT molecular complexity index is 670. The molecule has 0 atom stereocenters. The van der Waals surface area contributed by atoms with Crippen LogP contribution in [-0.4, -0.2) is 11.6 Å². The third-order valence-electron chi connectivity index (χ3n) is 2.71. The van der Waals surface area contributed by atoms with Gasteiger partial charge in [-0.1, -0.05) is 41.9 Å². The van der Waals surface area contributed by atoms with Gasteiger partial charge in [0.15, 0.2) is 0 Å². The first kappa shape index (κ1) is 14.2. The zero-order chi connectivity index (χ0) is 14.5. The van der Waals surface area contributed by atoms with Crippen LogP contribution in [0.15, 0.2) is 53.6 Å². The molecule has 0 aliphatic heterocycles. The molecule has 2 aromatic rings. The summed E-state index contributed by atoms with van der Waals surface area (Å²) in [6, 6.07) is 12.9. The minimum absolute atomic E-state index is 0.0526. The predicted molar refractivity (Wildman–Crippen MR) is 77.5 cm³/mol. The molecule has 1 amide bonds. The first-order valence-electron chi connectivity index (χ1n) is 5.93. The molecule has 20 heavy (non-hydrogen) atoms. The van der Waals surface area contributed by atoms with Crippen LogP contribution in [0.1, 0.15) is 22.8 Å². The Hall–Kier alpha value is -2.20. The number of hydrogen-bond acceptors (Lipinski definition) is 2. The van der Waals surface area contributed by atoms with E-state index in [0.29, 0.717) is 16.3 Å². The Morgan fingerprint density at radius 1 is 1.10 bits per heavy atom. The van der Waals surface area contributed by atoms with Crippen molar-refractivity contribution in [3.63, 3.8) is 0 Å². The second kappa shape index (κ2) is 6.30. The molecule has 0 heterocycles. The molecule has 0 saturated carbocycles. The Kier molecular flexibility index (Phi) is 4.48. The summed E-state index contributed by atoms with van der Waals surface area (Å²) in [7, 11) is 0. The summed E-state index contributed by atoms with van der Waals surface area (Å²) in [4.78, 5) is 11.8. The lowest BCUT2D eigenvalue weighted by Gasteiger charge is -2.05. The van der Waals surface area contributed by atoms with Crippen molar-refractivity contribution in [2.45, 2.75) is 6.92 Å². The lowest BCUT2D eigenvalue weighted by molar-refractivity contribution is 0.0951. The van der Waals surface area contributed by atoms with Crippen molar-refractivity contribution in [2.24, 2.45) is 5.10 Å². The van der Waals surface area contributed by atoms with Crippen molar-refractivity contribution in [3.05, 3.63) is 70.5 Å². The van der Waals surface area contributed by atoms with Crippen molar-refractivity contribution in [3.8, 4) is 0 Å². The third kappa shape index (κ3) is 3.22. The second-order valence-corrected chi connectivity index (χ2v) is 4.51. The van der Waals surface area contributed by atoms with Gasteiger partial charge < -0.3 is 0 Å². The van der Waals surface area contributed by atoms with Gasteiger partial charge in [0.25, 0.3) is 5.91 Å². The van der Waals surface area contributed by atoms with E-state index in [1.165, 1.54) is 18.2 Å². The van der Waals surface area contributed by atoms with E-state index < -0.39 is 11.7 Å². The molecule has 102 valence electrons. The van der Waals surface area contributed by atoms with Crippen molar-refractivity contribution in [2.75, 3.05) is 0 Å². The minimum atomic E-state index is -0.602. The quantitative estimate of drug-likeness (QED) is 0.680. The molecule has 1 N–H and O–H groups in total. The van der Waals surface area contributed by atoms with Gasteiger partial charge >= 0.3 is 0 Å². The van der Waals surface area contributed by atoms with Gasteiger partial charge in [0.2, 0.25) is 0 Å². The van der Waals surface area contributed by atoms with Crippen molar-refractivity contribution in [1.82, 2.24) is 5.43 Å². The average Bonchev–Trinajstić information content (AvgIpc) is 2.45. The molecular formula is C15H12ClFN2O. The number of hydrogen-bond donors (Lipinski definition) is 1. The van der Waals surface area contributed by atoms with E-state index in [2.05, 4.69) is 10.5 Å². The number of benzene rings is 2. The van der Waals surface area contributed by atoms with Gasteiger partial charge in [-0.15, -0.1) is 0 Å². The third-order valence-corrected chi connectivity index (χ3v) is 3.04. The van der Waals surface area contributed by atoms with Crippen LogP contribution in [0.2, 0.25) is 5.02 Å². The average molecular weight is 291 g/mol. The molecule has 2 rings (SSSR count). The van der Waals surface area contributed by atoms with Crippen LogP contribution in [0.3, 0.4) is 0 Å². The molecule has 0 aromatic heterocycles. The zero-order valence-electron chi connectivity index (χ0n) is 10.7. The predicted octanol–water partition coefficient (Wildman–Crippen LogP) is 3.63. The number of halogens is 2. The normalized spacial score (nSPS) is 11.2. The Labute approximate surface area is 121 Å².